The van der Waals surface area contributed by atoms with Crippen LogP contribution in [0.4, 0.5) is 5.69 Å². The van der Waals surface area contributed by atoms with E-state index >= 15 is 0 Å². The molecule has 19 heavy (non-hydrogen) atoms. The number of hydrogen-bond acceptors (Lipinski definition) is 2. The molecule has 0 spiro atoms. The fraction of sp³-hybridized carbons (Fsp3) is 0.294. The van der Waals surface area contributed by atoms with Crippen LogP contribution in [0.5, 0.6) is 0 Å². The third-order valence-electron chi connectivity index (χ3n) is 3.47. The van der Waals surface area contributed by atoms with Crippen molar-refractivity contribution >= 4 is 5.69 Å². The smallest absolute Gasteiger partial charge is 0.0430 e. The first-order valence-corrected chi connectivity index (χ1v) is 6.77. The SMILES string of the molecule is Cc1ccc(N(CCN)Cc2ccccc2)cc1C. The van der Waals surface area contributed by atoms with Crippen molar-refractivity contribution in [2.24, 2.45) is 5.73 Å². The molecular formula is C17H22N2. The summed E-state index contributed by atoms with van der Waals surface area (Å²) in [6, 6.07) is 17.1. The average Bonchev–Trinajstić information content (AvgIpc) is 2.43. The minimum Gasteiger partial charge on any atom is -0.366 e. The van der Waals surface area contributed by atoms with Gasteiger partial charge in [0.1, 0.15) is 0 Å². The first-order valence-electron chi connectivity index (χ1n) is 6.77. The Morgan fingerprint density at radius 1 is 0.947 bits per heavy atom. The Balaban J connectivity index is 2.21. The Morgan fingerprint density at radius 2 is 1.68 bits per heavy atom. The third kappa shape index (κ3) is 3.58. The van der Waals surface area contributed by atoms with E-state index in [1.165, 1.54) is 22.4 Å². The topological polar surface area (TPSA) is 29.3 Å². The van der Waals surface area contributed by atoms with Crippen LogP contribution in [-0.2, 0) is 6.54 Å². The second kappa shape index (κ2) is 6.39. The molecule has 0 amide bonds. The molecule has 100 valence electrons. The predicted molar refractivity (Wildman–Crippen MR) is 82.5 cm³/mol. The lowest BCUT2D eigenvalue weighted by Gasteiger charge is -2.25. The lowest BCUT2D eigenvalue weighted by molar-refractivity contribution is 0.789. The highest BCUT2D eigenvalue weighted by molar-refractivity contribution is 5.51. The van der Waals surface area contributed by atoms with Gasteiger partial charge in [-0.3, -0.25) is 0 Å². The third-order valence-corrected chi connectivity index (χ3v) is 3.47. The first kappa shape index (κ1) is 13.6. The maximum Gasteiger partial charge on any atom is 0.0430 e. The van der Waals surface area contributed by atoms with Gasteiger partial charge < -0.3 is 10.6 Å². The number of aryl methyl sites for hydroxylation is 2. The summed E-state index contributed by atoms with van der Waals surface area (Å²) < 4.78 is 0. The van der Waals surface area contributed by atoms with E-state index in [0.29, 0.717) is 6.54 Å². The Kier molecular flexibility index (Phi) is 4.58. The molecule has 0 fully saturated rings. The van der Waals surface area contributed by atoms with Gasteiger partial charge in [-0.15, -0.1) is 0 Å². The molecule has 0 aliphatic heterocycles. The van der Waals surface area contributed by atoms with E-state index in [4.69, 9.17) is 5.73 Å². The number of benzene rings is 2. The second-order valence-electron chi connectivity index (χ2n) is 4.96. The molecule has 2 N–H and O–H groups in total. The molecule has 2 nitrogen and oxygen atoms in total. The zero-order valence-corrected chi connectivity index (χ0v) is 11.8. The van der Waals surface area contributed by atoms with E-state index in [1.807, 2.05) is 6.07 Å². The molecule has 2 heteroatoms. The Labute approximate surface area is 115 Å². The molecule has 0 saturated carbocycles. The summed E-state index contributed by atoms with van der Waals surface area (Å²) in [6.07, 6.45) is 0. The number of nitrogens with zero attached hydrogens (tertiary/aromatic N) is 1. The molecule has 0 bridgehead atoms. The summed E-state index contributed by atoms with van der Waals surface area (Å²) in [4.78, 5) is 2.34. The van der Waals surface area contributed by atoms with Gasteiger partial charge in [0, 0.05) is 25.3 Å². The van der Waals surface area contributed by atoms with E-state index in [9.17, 15) is 0 Å². The van der Waals surface area contributed by atoms with Crippen molar-refractivity contribution < 1.29 is 0 Å². The molecule has 0 aliphatic rings. The van der Waals surface area contributed by atoms with E-state index in [2.05, 4.69) is 61.2 Å². The highest BCUT2D eigenvalue weighted by Crippen LogP contribution is 2.20. The van der Waals surface area contributed by atoms with Gasteiger partial charge >= 0.3 is 0 Å². The maximum atomic E-state index is 5.75. The van der Waals surface area contributed by atoms with Crippen LogP contribution in [-0.4, -0.2) is 13.1 Å². The van der Waals surface area contributed by atoms with Gasteiger partial charge in [0.05, 0.1) is 0 Å². The Morgan fingerprint density at radius 3 is 2.32 bits per heavy atom. The number of rotatable bonds is 5. The maximum absolute atomic E-state index is 5.75. The van der Waals surface area contributed by atoms with Crippen LogP contribution in [0.15, 0.2) is 48.5 Å². The predicted octanol–water partition coefficient (Wildman–Crippen LogP) is 3.27. The van der Waals surface area contributed by atoms with Crippen molar-refractivity contribution in [2.75, 3.05) is 18.0 Å². The molecule has 0 saturated heterocycles. The number of nitrogens with two attached hydrogens (primary N) is 1. The largest absolute Gasteiger partial charge is 0.366 e. The van der Waals surface area contributed by atoms with Gasteiger partial charge in [-0.1, -0.05) is 36.4 Å². The van der Waals surface area contributed by atoms with E-state index in [1.54, 1.807) is 0 Å². The molecule has 0 aliphatic carbocycles. The molecule has 0 heterocycles. The summed E-state index contributed by atoms with van der Waals surface area (Å²) in [7, 11) is 0. The molecule has 2 aromatic rings. The minimum atomic E-state index is 0.666. The van der Waals surface area contributed by atoms with E-state index < -0.39 is 0 Å². The van der Waals surface area contributed by atoms with E-state index in [0.717, 1.165) is 13.1 Å². The number of hydrogen-bond donors (Lipinski definition) is 1. The Hall–Kier alpha value is -1.80. The second-order valence-corrected chi connectivity index (χ2v) is 4.96. The fourth-order valence-corrected chi connectivity index (χ4v) is 2.18. The van der Waals surface area contributed by atoms with Gasteiger partial charge in [0.15, 0.2) is 0 Å². The standard InChI is InChI=1S/C17H22N2/c1-14-8-9-17(12-15(14)2)19(11-10-18)13-16-6-4-3-5-7-16/h3-9,12H,10-11,13,18H2,1-2H3. The van der Waals surface area contributed by atoms with Crippen LogP contribution in [0.25, 0.3) is 0 Å². The highest BCUT2D eigenvalue weighted by Gasteiger charge is 2.07. The normalized spacial score (nSPS) is 10.5. The van der Waals surface area contributed by atoms with Gasteiger partial charge in [-0.2, -0.15) is 0 Å². The molecular weight excluding hydrogens is 232 g/mol. The van der Waals surface area contributed by atoms with Gasteiger partial charge in [0.25, 0.3) is 0 Å². The molecule has 0 radical (unpaired) electrons. The summed E-state index contributed by atoms with van der Waals surface area (Å²) >= 11 is 0. The first-order chi connectivity index (χ1) is 9.20. The van der Waals surface area contributed by atoms with Crippen molar-refractivity contribution in [1.29, 1.82) is 0 Å². The van der Waals surface area contributed by atoms with Crippen LogP contribution < -0.4 is 10.6 Å². The monoisotopic (exact) mass is 254 g/mol. The summed E-state index contributed by atoms with van der Waals surface area (Å²) in [5.41, 5.74) is 11.0. The molecule has 2 aromatic carbocycles. The molecule has 0 aromatic heterocycles. The molecule has 0 unspecified atom stereocenters. The zero-order valence-electron chi connectivity index (χ0n) is 11.8. The van der Waals surface area contributed by atoms with Crippen LogP contribution in [0.1, 0.15) is 16.7 Å². The van der Waals surface area contributed by atoms with Crippen molar-refractivity contribution in [1.82, 2.24) is 0 Å². The summed E-state index contributed by atoms with van der Waals surface area (Å²) in [5.74, 6) is 0. The van der Waals surface area contributed by atoms with Crippen LogP contribution in [0.2, 0.25) is 0 Å². The van der Waals surface area contributed by atoms with Crippen molar-refractivity contribution in [3.63, 3.8) is 0 Å². The van der Waals surface area contributed by atoms with Crippen molar-refractivity contribution in [2.45, 2.75) is 20.4 Å². The quantitative estimate of drug-likeness (QED) is 0.887. The van der Waals surface area contributed by atoms with Crippen LogP contribution >= 0.6 is 0 Å². The van der Waals surface area contributed by atoms with Crippen molar-refractivity contribution in [3.05, 3.63) is 65.2 Å². The lowest BCUT2D eigenvalue weighted by atomic mass is 10.1. The molecule has 0 atom stereocenters. The van der Waals surface area contributed by atoms with Crippen molar-refractivity contribution in [3.8, 4) is 0 Å². The minimum absolute atomic E-state index is 0.666. The van der Waals surface area contributed by atoms with Gasteiger partial charge in [-0.05, 0) is 42.7 Å². The Bertz CT molecular complexity index is 520. The highest BCUT2D eigenvalue weighted by atomic mass is 15.1. The van der Waals surface area contributed by atoms with E-state index in [-0.39, 0.29) is 0 Å². The number of anilines is 1. The summed E-state index contributed by atoms with van der Waals surface area (Å²) in [6.45, 7) is 6.74. The zero-order chi connectivity index (χ0) is 13.7. The summed E-state index contributed by atoms with van der Waals surface area (Å²) in [5, 5.41) is 0. The average molecular weight is 254 g/mol. The van der Waals surface area contributed by atoms with Crippen LogP contribution in [0, 0.1) is 13.8 Å². The fourth-order valence-electron chi connectivity index (χ4n) is 2.18. The van der Waals surface area contributed by atoms with Gasteiger partial charge in [-0.25, -0.2) is 0 Å². The van der Waals surface area contributed by atoms with Crippen LogP contribution in [0.3, 0.4) is 0 Å². The molecule has 2 rings (SSSR count). The van der Waals surface area contributed by atoms with Gasteiger partial charge in [0.2, 0.25) is 0 Å². The lowest BCUT2D eigenvalue weighted by Crippen LogP contribution is -2.29.